The number of rotatable bonds is 6. The van der Waals surface area contributed by atoms with E-state index < -0.39 is 36.8 Å². The number of alkyl halides is 3. The molecule has 1 N–H and O–H groups in total. The molecule has 0 aliphatic carbocycles. The summed E-state index contributed by atoms with van der Waals surface area (Å²) in [4.78, 5) is 23.4. The molecule has 0 bridgehead atoms. The van der Waals surface area contributed by atoms with Crippen molar-refractivity contribution in [2.45, 2.75) is 20.0 Å². The molecular formula is C19H18F3NO4. The molecule has 0 saturated heterocycles. The van der Waals surface area contributed by atoms with Crippen LogP contribution in [0.1, 0.15) is 16.7 Å². The summed E-state index contributed by atoms with van der Waals surface area (Å²) in [5, 5.41) is 2.61. The van der Waals surface area contributed by atoms with Crippen molar-refractivity contribution in [2.75, 3.05) is 18.5 Å². The van der Waals surface area contributed by atoms with Gasteiger partial charge in [-0.25, -0.2) is 4.79 Å². The Morgan fingerprint density at radius 2 is 1.78 bits per heavy atom. The maximum atomic E-state index is 12.6. The predicted octanol–water partition coefficient (Wildman–Crippen LogP) is 3.88. The third-order valence-corrected chi connectivity index (χ3v) is 3.54. The molecule has 2 aromatic rings. The minimum absolute atomic E-state index is 0.124. The molecule has 2 rings (SSSR count). The lowest BCUT2D eigenvalue weighted by atomic mass is 10.1. The van der Waals surface area contributed by atoms with Crippen molar-refractivity contribution in [3.8, 4) is 5.75 Å². The molecule has 2 aromatic carbocycles. The molecule has 144 valence electrons. The Morgan fingerprint density at radius 3 is 2.44 bits per heavy atom. The fraction of sp³-hybridized carbons (Fsp3) is 0.263. The monoisotopic (exact) mass is 381 g/mol. The van der Waals surface area contributed by atoms with Crippen LogP contribution in [0.15, 0.2) is 42.5 Å². The first-order valence-electron chi connectivity index (χ1n) is 7.98. The second-order valence-electron chi connectivity index (χ2n) is 5.84. The van der Waals surface area contributed by atoms with Gasteiger partial charge in [0, 0.05) is 5.69 Å². The smallest absolute Gasteiger partial charge is 0.416 e. The van der Waals surface area contributed by atoms with E-state index >= 15 is 0 Å². The molecule has 0 atom stereocenters. The van der Waals surface area contributed by atoms with Crippen molar-refractivity contribution >= 4 is 17.6 Å². The van der Waals surface area contributed by atoms with Crippen LogP contribution in [0.2, 0.25) is 0 Å². The Hall–Kier alpha value is -3.03. The molecule has 5 nitrogen and oxygen atoms in total. The zero-order chi connectivity index (χ0) is 20.0. The number of anilines is 1. The molecule has 0 unspecified atom stereocenters. The van der Waals surface area contributed by atoms with Gasteiger partial charge in [0.15, 0.2) is 13.2 Å². The second kappa shape index (κ2) is 8.57. The zero-order valence-corrected chi connectivity index (χ0v) is 14.7. The van der Waals surface area contributed by atoms with Gasteiger partial charge >= 0.3 is 12.1 Å². The van der Waals surface area contributed by atoms with E-state index in [-0.39, 0.29) is 5.75 Å². The number of aryl methyl sites for hydroxylation is 2. The molecule has 0 aliphatic heterocycles. The maximum Gasteiger partial charge on any atom is 0.416 e. The van der Waals surface area contributed by atoms with Crippen molar-refractivity contribution in [3.05, 3.63) is 59.2 Å². The van der Waals surface area contributed by atoms with Crippen LogP contribution in [0, 0.1) is 13.8 Å². The SMILES string of the molecule is Cc1ccc(NC(=O)COC(=O)COc2cccc(C(F)(F)F)c2)c(C)c1. The summed E-state index contributed by atoms with van der Waals surface area (Å²) >= 11 is 0. The van der Waals surface area contributed by atoms with Gasteiger partial charge in [-0.1, -0.05) is 23.8 Å². The predicted molar refractivity (Wildman–Crippen MR) is 92.4 cm³/mol. The Kier molecular flexibility index (Phi) is 6.44. The van der Waals surface area contributed by atoms with Gasteiger partial charge in [-0.2, -0.15) is 13.2 Å². The van der Waals surface area contributed by atoms with E-state index in [2.05, 4.69) is 5.32 Å². The van der Waals surface area contributed by atoms with Crippen LogP contribution in [0.4, 0.5) is 18.9 Å². The van der Waals surface area contributed by atoms with E-state index in [1.54, 1.807) is 6.07 Å². The Bertz CT molecular complexity index is 834. The summed E-state index contributed by atoms with van der Waals surface area (Å²) in [5.74, 6) is -1.53. The normalized spacial score (nSPS) is 11.0. The lowest BCUT2D eigenvalue weighted by Crippen LogP contribution is -2.24. The number of carbonyl (C=O) groups is 2. The number of nitrogens with one attached hydrogen (secondary N) is 1. The Balaban J connectivity index is 1.80. The fourth-order valence-electron chi connectivity index (χ4n) is 2.23. The maximum absolute atomic E-state index is 12.6. The average molecular weight is 381 g/mol. The third-order valence-electron chi connectivity index (χ3n) is 3.54. The molecule has 0 fully saturated rings. The number of amides is 1. The van der Waals surface area contributed by atoms with Crippen LogP contribution < -0.4 is 10.1 Å². The number of halogens is 3. The molecule has 1 amide bonds. The van der Waals surface area contributed by atoms with Crippen molar-refractivity contribution in [1.82, 2.24) is 0 Å². The molecule has 0 spiro atoms. The number of carbonyl (C=O) groups excluding carboxylic acids is 2. The molecule has 8 heteroatoms. The van der Waals surface area contributed by atoms with Gasteiger partial charge in [0.05, 0.1) is 5.56 Å². The van der Waals surface area contributed by atoms with Gasteiger partial charge in [-0.05, 0) is 43.7 Å². The first-order valence-corrected chi connectivity index (χ1v) is 7.98. The van der Waals surface area contributed by atoms with Crippen LogP contribution >= 0.6 is 0 Å². The topological polar surface area (TPSA) is 64.6 Å². The van der Waals surface area contributed by atoms with E-state index in [9.17, 15) is 22.8 Å². The van der Waals surface area contributed by atoms with E-state index in [1.807, 2.05) is 26.0 Å². The first-order chi connectivity index (χ1) is 12.6. The summed E-state index contributed by atoms with van der Waals surface area (Å²) < 4.78 is 47.6. The van der Waals surface area contributed by atoms with E-state index in [0.29, 0.717) is 5.69 Å². The molecule has 0 aliphatic rings. The summed E-state index contributed by atoms with van der Waals surface area (Å²) in [6.45, 7) is 2.61. The highest BCUT2D eigenvalue weighted by molar-refractivity contribution is 5.93. The van der Waals surface area contributed by atoms with E-state index in [1.165, 1.54) is 12.1 Å². The lowest BCUT2D eigenvalue weighted by Gasteiger charge is -2.11. The number of benzene rings is 2. The van der Waals surface area contributed by atoms with Gasteiger partial charge in [-0.3, -0.25) is 4.79 Å². The van der Waals surface area contributed by atoms with E-state index in [0.717, 1.165) is 23.3 Å². The lowest BCUT2D eigenvalue weighted by molar-refractivity contribution is -0.149. The average Bonchev–Trinajstić information content (AvgIpc) is 2.60. The van der Waals surface area contributed by atoms with Gasteiger partial charge in [0.1, 0.15) is 5.75 Å². The molecule has 27 heavy (non-hydrogen) atoms. The van der Waals surface area contributed by atoms with Gasteiger partial charge in [0.25, 0.3) is 5.91 Å². The standard InChI is InChI=1S/C19H18F3NO4/c1-12-6-7-16(13(2)8-12)23-17(24)10-27-18(25)11-26-15-5-3-4-14(9-15)19(20,21)22/h3-9H,10-11H2,1-2H3,(H,23,24). The number of hydrogen-bond donors (Lipinski definition) is 1. The van der Waals surface area contributed by atoms with Gasteiger partial charge in [0.2, 0.25) is 0 Å². The molecule has 0 heterocycles. The molecule has 0 aromatic heterocycles. The minimum Gasteiger partial charge on any atom is -0.482 e. The highest BCUT2D eigenvalue weighted by atomic mass is 19.4. The molecule has 0 radical (unpaired) electrons. The Morgan fingerprint density at radius 1 is 1.04 bits per heavy atom. The van der Waals surface area contributed by atoms with Gasteiger partial charge < -0.3 is 14.8 Å². The molecular weight excluding hydrogens is 363 g/mol. The minimum atomic E-state index is -4.51. The summed E-state index contributed by atoms with van der Waals surface area (Å²) in [6.07, 6.45) is -4.51. The summed E-state index contributed by atoms with van der Waals surface area (Å²) in [7, 11) is 0. The van der Waals surface area contributed by atoms with Gasteiger partial charge in [-0.15, -0.1) is 0 Å². The van der Waals surface area contributed by atoms with Crippen molar-refractivity contribution in [2.24, 2.45) is 0 Å². The highest BCUT2D eigenvalue weighted by Gasteiger charge is 2.30. The molecule has 0 saturated carbocycles. The van der Waals surface area contributed by atoms with Crippen LogP contribution in [-0.2, 0) is 20.5 Å². The first kappa shape index (κ1) is 20.3. The van der Waals surface area contributed by atoms with Crippen molar-refractivity contribution in [3.63, 3.8) is 0 Å². The van der Waals surface area contributed by atoms with Crippen molar-refractivity contribution in [1.29, 1.82) is 0 Å². The van der Waals surface area contributed by atoms with E-state index in [4.69, 9.17) is 9.47 Å². The zero-order valence-electron chi connectivity index (χ0n) is 14.7. The number of esters is 1. The van der Waals surface area contributed by atoms with Crippen LogP contribution in [0.3, 0.4) is 0 Å². The summed E-state index contributed by atoms with van der Waals surface area (Å²) in [5.41, 5.74) is 1.62. The number of hydrogen-bond acceptors (Lipinski definition) is 4. The van der Waals surface area contributed by atoms with Crippen LogP contribution in [0.5, 0.6) is 5.75 Å². The summed E-state index contributed by atoms with van der Waals surface area (Å²) in [6, 6.07) is 9.59. The number of ether oxygens (including phenoxy) is 2. The van der Waals surface area contributed by atoms with Crippen LogP contribution in [-0.4, -0.2) is 25.1 Å². The third kappa shape index (κ3) is 6.32. The fourth-order valence-corrected chi connectivity index (χ4v) is 2.23. The second-order valence-corrected chi connectivity index (χ2v) is 5.84. The quantitative estimate of drug-likeness (QED) is 0.772. The highest BCUT2D eigenvalue weighted by Crippen LogP contribution is 2.31. The Labute approximate surface area is 154 Å². The van der Waals surface area contributed by atoms with Crippen LogP contribution in [0.25, 0.3) is 0 Å². The van der Waals surface area contributed by atoms with Crippen molar-refractivity contribution < 1.29 is 32.2 Å². The largest absolute Gasteiger partial charge is 0.482 e.